The Labute approximate surface area is 162 Å². The normalized spacial score (nSPS) is 12.1. The lowest BCUT2D eigenvalue weighted by molar-refractivity contribution is 0.0994. The van der Waals surface area contributed by atoms with Gasteiger partial charge in [-0.2, -0.15) is 0 Å². The van der Waals surface area contributed by atoms with Crippen molar-refractivity contribution in [2.45, 2.75) is 43.6 Å². The predicted molar refractivity (Wildman–Crippen MR) is 108 cm³/mol. The zero-order valence-corrected chi connectivity index (χ0v) is 16.3. The Morgan fingerprint density at radius 3 is 2.48 bits per heavy atom. The van der Waals surface area contributed by atoms with E-state index in [0.29, 0.717) is 17.3 Å². The molecular weight excluding hydrogens is 358 g/mol. The minimum absolute atomic E-state index is 0.0349. The highest BCUT2D eigenvalue weighted by molar-refractivity contribution is 8.00. The maximum absolute atomic E-state index is 12.7. The molecule has 140 valence electrons. The van der Waals surface area contributed by atoms with Crippen LogP contribution in [0.3, 0.4) is 0 Å². The molecule has 0 saturated carbocycles. The average molecular weight is 382 g/mol. The molecule has 2 aromatic carbocycles. The van der Waals surface area contributed by atoms with Gasteiger partial charge >= 0.3 is 5.69 Å². The van der Waals surface area contributed by atoms with E-state index in [-0.39, 0.29) is 16.7 Å². The number of ketones is 1. The Morgan fingerprint density at radius 1 is 1.11 bits per heavy atom. The third-order valence-corrected chi connectivity index (χ3v) is 5.58. The highest BCUT2D eigenvalue weighted by atomic mass is 32.2. The van der Waals surface area contributed by atoms with E-state index in [2.05, 4.69) is 17.1 Å². The zero-order valence-electron chi connectivity index (χ0n) is 15.5. The number of nitrogens with one attached hydrogen (secondary N) is 1. The van der Waals surface area contributed by atoms with E-state index in [1.807, 2.05) is 61.5 Å². The van der Waals surface area contributed by atoms with Crippen LogP contribution in [-0.2, 0) is 19.4 Å². The second-order valence-corrected chi connectivity index (χ2v) is 7.68. The summed E-state index contributed by atoms with van der Waals surface area (Å²) in [5.41, 5.74) is 2.79. The molecule has 0 aliphatic heterocycles. The molecule has 1 atom stereocenters. The van der Waals surface area contributed by atoms with Crippen LogP contribution < -0.4 is 5.69 Å². The molecule has 1 unspecified atom stereocenters. The van der Waals surface area contributed by atoms with Gasteiger partial charge in [-0.25, -0.2) is 9.89 Å². The number of rotatable bonds is 8. The Kier molecular flexibility index (Phi) is 6.29. The number of hydrogen-bond donors (Lipinski definition) is 1. The smallest absolute Gasteiger partial charge is 0.293 e. The largest absolute Gasteiger partial charge is 0.343 e. The van der Waals surface area contributed by atoms with Crippen LogP contribution in [0.1, 0.15) is 35.3 Å². The van der Waals surface area contributed by atoms with Crippen LogP contribution >= 0.6 is 11.8 Å². The molecule has 0 aliphatic rings. The highest BCUT2D eigenvalue weighted by Crippen LogP contribution is 2.23. The molecule has 0 saturated heterocycles. The number of H-pyrrole nitrogens is 1. The molecule has 27 heavy (non-hydrogen) atoms. The summed E-state index contributed by atoms with van der Waals surface area (Å²) in [6, 6.07) is 17.7. The molecule has 0 spiro atoms. The van der Waals surface area contributed by atoms with Gasteiger partial charge in [0.15, 0.2) is 10.9 Å². The van der Waals surface area contributed by atoms with Gasteiger partial charge in [-0.05, 0) is 30.9 Å². The molecule has 0 amide bonds. The van der Waals surface area contributed by atoms with Crippen molar-refractivity contribution in [3.05, 3.63) is 81.8 Å². The second kappa shape index (κ2) is 8.86. The number of aromatic amines is 1. The topological polar surface area (TPSA) is 67.8 Å². The molecular formula is C21H23N3O2S. The fraction of sp³-hybridized carbons (Fsp3) is 0.286. The van der Waals surface area contributed by atoms with Gasteiger partial charge in [-0.15, -0.1) is 5.10 Å². The maximum atomic E-state index is 12.7. The number of aromatic nitrogens is 3. The standard InChI is InChI=1S/C21H23N3O2S/c1-3-16-9-11-18(12-10-16)19(25)15(2)27-21-23-22-20(26)24(21)14-13-17-7-5-4-6-8-17/h4-12,15H,3,13-14H2,1-2H3,(H,22,26). The lowest BCUT2D eigenvalue weighted by Crippen LogP contribution is -2.20. The summed E-state index contributed by atoms with van der Waals surface area (Å²) in [7, 11) is 0. The first-order valence-electron chi connectivity index (χ1n) is 9.07. The quantitative estimate of drug-likeness (QED) is 0.477. The van der Waals surface area contributed by atoms with Crippen LogP contribution in [0.15, 0.2) is 64.5 Å². The van der Waals surface area contributed by atoms with Crippen molar-refractivity contribution in [3.8, 4) is 0 Å². The summed E-state index contributed by atoms with van der Waals surface area (Å²) >= 11 is 1.31. The van der Waals surface area contributed by atoms with E-state index in [1.165, 1.54) is 17.3 Å². The Hall–Kier alpha value is -2.60. The van der Waals surface area contributed by atoms with Gasteiger partial charge in [0.05, 0.1) is 5.25 Å². The number of aryl methyl sites for hydroxylation is 2. The van der Waals surface area contributed by atoms with Crippen LogP contribution in [-0.4, -0.2) is 25.8 Å². The third kappa shape index (κ3) is 4.77. The molecule has 0 radical (unpaired) electrons. The van der Waals surface area contributed by atoms with Gasteiger partial charge in [-0.1, -0.05) is 73.3 Å². The number of benzene rings is 2. The van der Waals surface area contributed by atoms with Crippen LogP contribution in [0.5, 0.6) is 0 Å². The minimum atomic E-state index is -0.330. The van der Waals surface area contributed by atoms with Crippen molar-refractivity contribution in [3.63, 3.8) is 0 Å². The SMILES string of the molecule is CCc1ccc(C(=O)C(C)Sc2n[nH]c(=O)n2CCc2ccccc2)cc1. The van der Waals surface area contributed by atoms with Crippen LogP contribution in [0.2, 0.25) is 0 Å². The molecule has 3 aromatic rings. The van der Waals surface area contributed by atoms with Crippen molar-refractivity contribution in [2.24, 2.45) is 0 Å². The van der Waals surface area contributed by atoms with Gasteiger partial charge in [0.25, 0.3) is 0 Å². The molecule has 0 aliphatic carbocycles. The van der Waals surface area contributed by atoms with Crippen molar-refractivity contribution in [1.29, 1.82) is 0 Å². The van der Waals surface area contributed by atoms with Gasteiger partial charge in [0.1, 0.15) is 0 Å². The number of thioether (sulfide) groups is 1. The summed E-state index contributed by atoms with van der Waals surface area (Å²) in [5.74, 6) is 0.0349. The molecule has 0 fully saturated rings. The molecule has 3 rings (SSSR count). The lowest BCUT2D eigenvalue weighted by atomic mass is 10.1. The highest BCUT2D eigenvalue weighted by Gasteiger charge is 2.20. The van der Waals surface area contributed by atoms with Gasteiger partial charge in [0, 0.05) is 12.1 Å². The third-order valence-electron chi connectivity index (χ3n) is 4.49. The van der Waals surface area contributed by atoms with Crippen LogP contribution in [0.25, 0.3) is 0 Å². The number of Topliss-reactive ketones (excluding diaryl/α,β-unsaturated/α-hetero) is 1. The summed E-state index contributed by atoms with van der Waals surface area (Å²) in [5, 5.41) is 6.82. The number of hydrogen-bond acceptors (Lipinski definition) is 4. The van der Waals surface area contributed by atoms with Crippen molar-refractivity contribution in [1.82, 2.24) is 14.8 Å². The van der Waals surface area contributed by atoms with Crippen LogP contribution in [0, 0.1) is 0 Å². The number of carbonyl (C=O) groups is 1. The number of nitrogens with zero attached hydrogens (tertiary/aromatic N) is 2. The Balaban J connectivity index is 1.69. The fourth-order valence-corrected chi connectivity index (χ4v) is 3.79. The van der Waals surface area contributed by atoms with Gasteiger partial charge < -0.3 is 0 Å². The summed E-state index contributed by atoms with van der Waals surface area (Å²) in [4.78, 5) is 24.8. The van der Waals surface area contributed by atoms with Crippen molar-refractivity contribution >= 4 is 17.5 Å². The molecule has 1 aromatic heterocycles. The molecule has 6 heteroatoms. The average Bonchev–Trinajstić information content (AvgIpc) is 3.05. The molecule has 1 heterocycles. The monoisotopic (exact) mass is 381 g/mol. The lowest BCUT2D eigenvalue weighted by Gasteiger charge is -2.11. The van der Waals surface area contributed by atoms with Crippen molar-refractivity contribution in [2.75, 3.05) is 0 Å². The first-order valence-corrected chi connectivity index (χ1v) is 9.95. The fourth-order valence-electron chi connectivity index (χ4n) is 2.83. The Bertz CT molecular complexity index is 946. The minimum Gasteiger partial charge on any atom is -0.293 e. The summed E-state index contributed by atoms with van der Waals surface area (Å²) in [6.45, 7) is 4.46. The molecule has 5 nitrogen and oxygen atoms in total. The van der Waals surface area contributed by atoms with E-state index in [0.717, 1.165) is 18.4 Å². The summed E-state index contributed by atoms with van der Waals surface area (Å²) in [6.07, 6.45) is 1.67. The predicted octanol–water partition coefficient (Wildman–Crippen LogP) is 3.74. The molecule has 1 N–H and O–H groups in total. The first-order chi connectivity index (χ1) is 13.1. The van der Waals surface area contributed by atoms with E-state index in [1.54, 1.807) is 4.57 Å². The van der Waals surface area contributed by atoms with E-state index >= 15 is 0 Å². The number of carbonyl (C=O) groups excluding carboxylic acids is 1. The van der Waals surface area contributed by atoms with E-state index in [4.69, 9.17) is 0 Å². The van der Waals surface area contributed by atoms with Gasteiger partial charge in [-0.3, -0.25) is 9.36 Å². The van der Waals surface area contributed by atoms with E-state index < -0.39 is 0 Å². The van der Waals surface area contributed by atoms with E-state index in [9.17, 15) is 9.59 Å². The second-order valence-electron chi connectivity index (χ2n) is 6.37. The zero-order chi connectivity index (χ0) is 19.2. The maximum Gasteiger partial charge on any atom is 0.343 e. The van der Waals surface area contributed by atoms with Gasteiger partial charge in [0.2, 0.25) is 0 Å². The van der Waals surface area contributed by atoms with Crippen molar-refractivity contribution < 1.29 is 4.79 Å². The molecule has 0 bridgehead atoms. The Morgan fingerprint density at radius 2 is 1.81 bits per heavy atom. The first kappa shape index (κ1) is 19.2. The summed E-state index contributed by atoms with van der Waals surface area (Å²) < 4.78 is 1.60. The van der Waals surface area contributed by atoms with Crippen LogP contribution in [0.4, 0.5) is 0 Å².